The number of aromatic amines is 1. The van der Waals surface area contributed by atoms with E-state index in [9.17, 15) is 22.8 Å². The van der Waals surface area contributed by atoms with Crippen molar-refractivity contribution in [1.82, 2.24) is 20.2 Å². The molecule has 0 radical (unpaired) electrons. The smallest absolute Gasteiger partial charge is 0.475 e. The number of fused-ring (bicyclic) bond motifs is 1. The summed E-state index contributed by atoms with van der Waals surface area (Å²) < 4.78 is 31.7. The van der Waals surface area contributed by atoms with Crippen LogP contribution in [0.4, 0.5) is 13.2 Å². The first kappa shape index (κ1) is 17.8. The molecule has 0 spiro atoms. The van der Waals surface area contributed by atoms with Gasteiger partial charge in [-0.05, 0) is 12.8 Å². The number of piperazine rings is 1. The number of carboxylic acid groups (broad SMARTS) is 1. The maximum atomic E-state index is 12.2. The molecule has 2 saturated heterocycles. The molecule has 11 heteroatoms. The van der Waals surface area contributed by atoms with E-state index in [0.29, 0.717) is 13.0 Å². The van der Waals surface area contributed by atoms with Gasteiger partial charge in [-0.3, -0.25) is 9.59 Å². The Morgan fingerprint density at radius 2 is 2.08 bits per heavy atom. The van der Waals surface area contributed by atoms with Crippen LogP contribution in [0.3, 0.4) is 0 Å². The summed E-state index contributed by atoms with van der Waals surface area (Å²) >= 11 is 0. The molecule has 2 atom stereocenters. The molecule has 3 rings (SSSR count). The molecule has 0 saturated carbocycles. The molecular weight excluding hydrogens is 333 g/mol. The topological polar surface area (TPSA) is 115 Å². The molecule has 0 aliphatic carbocycles. The Hall–Kier alpha value is -2.59. The summed E-state index contributed by atoms with van der Waals surface area (Å²) in [4.78, 5) is 41.4. The monoisotopic (exact) mass is 348 g/mol. The van der Waals surface area contributed by atoms with E-state index < -0.39 is 18.2 Å². The minimum atomic E-state index is -5.08. The predicted octanol–water partition coefficient (Wildman–Crippen LogP) is 0.0749. The number of aliphatic carboxylic acids is 1. The molecule has 3 heterocycles. The Morgan fingerprint density at radius 1 is 1.42 bits per heavy atom. The zero-order valence-corrected chi connectivity index (χ0v) is 12.3. The van der Waals surface area contributed by atoms with E-state index in [4.69, 9.17) is 9.90 Å². The molecular formula is C13H15F3N4O4. The molecule has 2 aliphatic rings. The average molecular weight is 348 g/mol. The van der Waals surface area contributed by atoms with Crippen LogP contribution in [-0.4, -0.2) is 62.6 Å². The summed E-state index contributed by atoms with van der Waals surface area (Å²) in [5.41, 5.74) is 0.862. The van der Waals surface area contributed by atoms with E-state index in [1.165, 1.54) is 0 Å². The van der Waals surface area contributed by atoms with Gasteiger partial charge >= 0.3 is 12.1 Å². The Bertz CT molecular complexity index is 617. The van der Waals surface area contributed by atoms with Gasteiger partial charge in [-0.2, -0.15) is 13.2 Å². The predicted molar refractivity (Wildman–Crippen MR) is 72.6 cm³/mol. The van der Waals surface area contributed by atoms with Gasteiger partial charge in [-0.1, -0.05) is 0 Å². The van der Waals surface area contributed by atoms with E-state index >= 15 is 0 Å². The lowest BCUT2D eigenvalue weighted by Crippen LogP contribution is -2.61. The molecule has 3 N–H and O–H groups in total. The zero-order valence-electron chi connectivity index (χ0n) is 12.3. The highest BCUT2D eigenvalue weighted by molar-refractivity contribution is 5.97. The van der Waals surface area contributed by atoms with Crippen molar-refractivity contribution in [1.29, 1.82) is 0 Å². The van der Waals surface area contributed by atoms with Crippen LogP contribution in [-0.2, 0) is 20.8 Å². The maximum absolute atomic E-state index is 12.2. The summed E-state index contributed by atoms with van der Waals surface area (Å²) in [6.45, 7) is 0.705. The van der Waals surface area contributed by atoms with Gasteiger partial charge in [-0.15, -0.1) is 0 Å². The number of nitrogens with one attached hydrogen (secondary N) is 2. The fraction of sp³-hybridized carbons (Fsp3) is 0.538. The van der Waals surface area contributed by atoms with Crippen molar-refractivity contribution in [2.75, 3.05) is 6.54 Å². The van der Waals surface area contributed by atoms with Crippen molar-refractivity contribution in [3.05, 3.63) is 18.2 Å². The summed E-state index contributed by atoms with van der Waals surface area (Å²) in [6.07, 6.45) is 0.349. The van der Waals surface area contributed by atoms with Gasteiger partial charge in [0.05, 0.1) is 6.33 Å². The number of rotatable bonds is 2. The molecule has 0 bridgehead atoms. The minimum absolute atomic E-state index is 0.0217. The van der Waals surface area contributed by atoms with Crippen LogP contribution in [0.1, 0.15) is 18.5 Å². The molecule has 2 amide bonds. The van der Waals surface area contributed by atoms with Gasteiger partial charge < -0.3 is 20.3 Å². The van der Waals surface area contributed by atoms with Gasteiger partial charge in [-0.25, -0.2) is 9.78 Å². The maximum Gasteiger partial charge on any atom is 0.490 e. The number of hydrogen-bond acceptors (Lipinski definition) is 4. The summed E-state index contributed by atoms with van der Waals surface area (Å²) in [7, 11) is 0. The molecule has 0 unspecified atom stereocenters. The standard InChI is InChI=1S/C11H14N4O2.C2HF3O2/c16-10-9-2-1-3-15(9)11(17)8(14-10)4-7-5-12-6-13-7;3-2(4,5)1(6)7/h5-6,8-9H,1-4H2,(H,12,13)(H,14,16);(H,6,7)/t8-,9-;/m0./s1. The average Bonchev–Trinajstić information content (AvgIpc) is 3.15. The number of H-pyrrole nitrogens is 1. The normalized spacial score (nSPS) is 23.2. The van der Waals surface area contributed by atoms with Crippen molar-refractivity contribution in [3.63, 3.8) is 0 Å². The number of alkyl halides is 3. The number of carbonyl (C=O) groups is 3. The van der Waals surface area contributed by atoms with E-state index in [0.717, 1.165) is 18.5 Å². The second-order valence-corrected chi connectivity index (χ2v) is 5.33. The third-order valence-corrected chi connectivity index (χ3v) is 3.67. The van der Waals surface area contributed by atoms with Crippen molar-refractivity contribution in [2.45, 2.75) is 37.5 Å². The largest absolute Gasteiger partial charge is 0.490 e. The van der Waals surface area contributed by atoms with Gasteiger partial charge in [0, 0.05) is 24.9 Å². The minimum Gasteiger partial charge on any atom is -0.475 e. The number of imidazole rings is 1. The lowest BCUT2D eigenvalue weighted by molar-refractivity contribution is -0.192. The first-order valence-corrected chi connectivity index (χ1v) is 7.08. The Labute approximate surface area is 134 Å². The quantitative estimate of drug-likeness (QED) is 0.700. The number of carbonyl (C=O) groups excluding carboxylic acids is 2. The lowest BCUT2D eigenvalue weighted by atomic mass is 10.0. The van der Waals surface area contributed by atoms with E-state index in [-0.39, 0.29) is 17.9 Å². The molecule has 132 valence electrons. The highest BCUT2D eigenvalue weighted by Gasteiger charge is 2.42. The molecule has 0 aromatic carbocycles. The van der Waals surface area contributed by atoms with Crippen LogP contribution in [0.2, 0.25) is 0 Å². The third-order valence-electron chi connectivity index (χ3n) is 3.67. The highest BCUT2D eigenvalue weighted by Crippen LogP contribution is 2.22. The van der Waals surface area contributed by atoms with Crippen LogP contribution in [0, 0.1) is 0 Å². The molecule has 1 aromatic rings. The number of nitrogens with zero attached hydrogens (tertiary/aromatic N) is 2. The number of amides is 2. The zero-order chi connectivity index (χ0) is 17.9. The molecule has 8 nitrogen and oxygen atoms in total. The molecule has 2 aliphatic heterocycles. The number of carboxylic acids is 1. The van der Waals surface area contributed by atoms with Crippen LogP contribution in [0.15, 0.2) is 12.5 Å². The van der Waals surface area contributed by atoms with Crippen molar-refractivity contribution < 1.29 is 32.7 Å². The first-order chi connectivity index (χ1) is 11.2. The second kappa shape index (κ2) is 6.89. The van der Waals surface area contributed by atoms with E-state index in [1.807, 2.05) is 0 Å². The molecule has 24 heavy (non-hydrogen) atoms. The first-order valence-electron chi connectivity index (χ1n) is 7.08. The summed E-state index contributed by atoms with van der Waals surface area (Å²) in [5.74, 6) is -2.75. The lowest BCUT2D eigenvalue weighted by Gasteiger charge is -2.34. The van der Waals surface area contributed by atoms with E-state index in [2.05, 4.69) is 15.3 Å². The fourth-order valence-corrected chi connectivity index (χ4v) is 2.59. The summed E-state index contributed by atoms with van der Waals surface area (Å²) in [5, 5.41) is 9.92. The van der Waals surface area contributed by atoms with Gasteiger partial charge in [0.15, 0.2) is 0 Å². The van der Waals surface area contributed by atoms with Gasteiger partial charge in [0.1, 0.15) is 12.1 Å². The number of hydrogen-bond donors (Lipinski definition) is 3. The molecule has 2 fully saturated rings. The highest BCUT2D eigenvalue weighted by atomic mass is 19.4. The van der Waals surface area contributed by atoms with Crippen molar-refractivity contribution in [3.8, 4) is 0 Å². The summed E-state index contributed by atoms with van der Waals surface area (Å²) in [6, 6.07) is -0.683. The SMILES string of the molecule is O=C(O)C(F)(F)F.O=C1N[C@@H](Cc2cnc[nH]2)C(=O)N2CCC[C@@H]12. The van der Waals surface area contributed by atoms with Crippen molar-refractivity contribution >= 4 is 17.8 Å². The van der Waals surface area contributed by atoms with Gasteiger partial charge in [0.25, 0.3) is 0 Å². The van der Waals surface area contributed by atoms with Crippen LogP contribution >= 0.6 is 0 Å². The second-order valence-electron chi connectivity index (χ2n) is 5.33. The van der Waals surface area contributed by atoms with Crippen molar-refractivity contribution in [2.24, 2.45) is 0 Å². The molecule has 1 aromatic heterocycles. The van der Waals surface area contributed by atoms with Gasteiger partial charge in [0.2, 0.25) is 11.8 Å². The van der Waals surface area contributed by atoms with Crippen LogP contribution in [0.25, 0.3) is 0 Å². The Balaban J connectivity index is 0.000000256. The number of aromatic nitrogens is 2. The Morgan fingerprint density at radius 3 is 2.62 bits per heavy atom. The third kappa shape index (κ3) is 4.03. The number of halogens is 3. The Kier molecular flexibility index (Phi) is 5.10. The van der Waals surface area contributed by atoms with Crippen LogP contribution in [0.5, 0.6) is 0 Å². The van der Waals surface area contributed by atoms with E-state index in [1.54, 1.807) is 17.4 Å². The fourth-order valence-electron chi connectivity index (χ4n) is 2.59. The van der Waals surface area contributed by atoms with Crippen LogP contribution < -0.4 is 5.32 Å².